The van der Waals surface area contributed by atoms with E-state index in [1.54, 1.807) is 54.6 Å². The van der Waals surface area contributed by atoms with E-state index in [0.717, 1.165) is 22.3 Å². The summed E-state index contributed by atoms with van der Waals surface area (Å²) in [6.45, 7) is 0.222. The first-order chi connectivity index (χ1) is 21.5. The van der Waals surface area contributed by atoms with Gasteiger partial charge in [-0.3, -0.25) is 9.69 Å². The van der Waals surface area contributed by atoms with Crippen molar-refractivity contribution >= 4 is 23.8 Å². The van der Waals surface area contributed by atoms with E-state index in [2.05, 4.69) is 24.3 Å². The van der Waals surface area contributed by atoms with Gasteiger partial charge in [0.2, 0.25) is 0 Å². The van der Waals surface area contributed by atoms with Crippen LogP contribution in [-0.2, 0) is 25.6 Å². The molecule has 0 spiro atoms. The molecule has 1 fully saturated rings. The SMILES string of the molecule is O=C(COC(=O)c1ccc(COC(=O)[C@@H]2CCCN2C(=O)OCC2c3ccccc3-c3ccccc32)cc1)c1ccccc1. The van der Waals surface area contributed by atoms with Gasteiger partial charge >= 0.3 is 18.0 Å². The van der Waals surface area contributed by atoms with Crippen molar-refractivity contribution in [2.45, 2.75) is 31.4 Å². The molecule has 4 aromatic rings. The van der Waals surface area contributed by atoms with E-state index in [9.17, 15) is 19.2 Å². The first kappa shape index (κ1) is 28.9. The summed E-state index contributed by atoms with van der Waals surface area (Å²) in [5.41, 5.74) is 5.96. The van der Waals surface area contributed by atoms with Crippen molar-refractivity contribution in [3.05, 3.63) is 131 Å². The number of rotatable bonds is 9. The second-order valence-electron chi connectivity index (χ2n) is 10.8. The van der Waals surface area contributed by atoms with Crippen molar-refractivity contribution in [3.8, 4) is 11.1 Å². The lowest BCUT2D eigenvalue weighted by atomic mass is 9.98. The Morgan fingerprint density at radius 2 is 1.32 bits per heavy atom. The van der Waals surface area contributed by atoms with Crippen molar-refractivity contribution in [1.29, 1.82) is 0 Å². The molecule has 6 rings (SSSR count). The zero-order valence-electron chi connectivity index (χ0n) is 24.0. The van der Waals surface area contributed by atoms with Crippen LogP contribution >= 0.6 is 0 Å². The maximum absolute atomic E-state index is 13.1. The lowest BCUT2D eigenvalue weighted by Crippen LogP contribution is -2.42. The fourth-order valence-electron chi connectivity index (χ4n) is 5.82. The molecule has 1 heterocycles. The molecule has 1 saturated heterocycles. The molecule has 1 amide bonds. The van der Waals surface area contributed by atoms with Gasteiger partial charge in [-0.15, -0.1) is 0 Å². The third-order valence-corrected chi connectivity index (χ3v) is 8.10. The van der Waals surface area contributed by atoms with Crippen molar-refractivity contribution in [2.75, 3.05) is 19.8 Å². The molecule has 4 aromatic carbocycles. The minimum Gasteiger partial charge on any atom is -0.459 e. The van der Waals surface area contributed by atoms with Crippen molar-refractivity contribution in [2.24, 2.45) is 0 Å². The van der Waals surface area contributed by atoms with Gasteiger partial charge in [0.1, 0.15) is 19.3 Å². The van der Waals surface area contributed by atoms with Gasteiger partial charge in [-0.25, -0.2) is 14.4 Å². The Kier molecular flexibility index (Phi) is 8.50. The van der Waals surface area contributed by atoms with E-state index in [1.807, 2.05) is 24.3 Å². The average molecular weight is 590 g/mol. The first-order valence-corrected chi connectivity index (χ1v) is 14.6. The number of nitrogens with zero attached hydrogens (tertiary/aromatic N) is 1. The van der Waals surface area contributed by atoms with E-state index in [4.69, 9.17) is 14.2 Å². The third-order valence-electron chi connectivity index (χ3n) is 8.10. The fourth-order valence-corrected chi connectivity index (χ4v) is 5.82. The molecule has 0 aromatic heterocycles. The first-order valence-electron chi connectivity index (χ1n) is 14.6. The Morgan fingerprint density at radius 3 is 2.00 bits per heavy atom. The predicted molar refractivity (Wildman–Crippen MR) is 162 cm³/mol. The van der Waals surface area contributed by atoms with Crippen LogP contribution in [-0.4, -0.2) is 54.5 Å². The summed E-state index contributed by atoms with van der Waals surface area (Å²) < 4.78 is 16.5. The van der Waals surface area contributed by atoms with Crippen LogP contribution in [0, 0.1) is 0 Å². The summed E-state index contributed by atoms with van der Waals surface area (Å²) >= 11 is 0. The minimum absolute atomic E-state index is 0.0182. The molecule has 44 heavy (non-hydrogen) atoms. The molecule has 0 unspecified atom stereocenters. The molecule has 0 N–H and O–H groups in total. The smallest absolute Gasteiger partial charge is 0.410 e. The molecule has 8 heteroatoms. The molecule has 222 valence electrons. The lowest BCUT2D eigenvalue weighted by Gasteiger charge is -2.24. The van der Waals surface area contributed by atoms with Gasteiger partial charge in [-0.1, -0.05) is 91.0 Å². The van der Waals surface area contributed by atoms with Gasteiger partial charge in [-0.05, 0) is 52.8 Å². The minimum atomic E-state index is -0.720. The van der Waals surface area contributed by atoms with Gasteiger partial charge in [0.05, 0.1) is 5.56 Å². The highest BCUT2D eigenvalue weighted by Gasteiger charge is 2.37. The van der Waals surface area contributed by atoms with E-state index in [1.165, 1.54) is 4.90 Å². The van der Waals surface area contributed by atoms with Gasteiger partial charge < -0.3 is 14.2 Å². The highest BCUT2D eigenvalue weighted by Crippen LogP contribution is 2.44. The number of Topliss-reactive ketones (excluding diaryl/α,β-unsaturated/α-hetero) is 1. The molecular formula is C36H31NO7. The Morgan fingerprint density at radius 1 is 0.682 bits per heavy atom. The Bertz CT molecular complexity index is 1640. The number of ether oxygens (including phenoxy) is 3. The topological polar surface area (TPSA) is 99.2 Å². The molecular weight excluding hydrogens is 558 g/mol. The number of hydrogen-bond donors (Lipinski definition) is 0. The molecule has 1 aliphatic carbocycles. The summed E-state index contributed by atoms with van der Waals surface area (Å²) in [4.78, 5) is 52.1. The largest absolute Gasteiger partial charge is 0.459 e. The standard InChI is InChI=1S/C36H31NO7/c38-33(25-9-2-1-3-10-25)23-43-34(39)26-18-16-24(17-19-26)21-42-35(40)32-15-8-20-37(32)36(41)44-22-31-29-13-6-4-11-27(29)28-12-5-7-14-30(28)31/h1-7,9-14,16-19,31-32H,8,15,20-23H2/t32-/m0/s1. The quantitative estimate of drug-likeness (QED) is 0.131. The van der Waals surface area contributed by atoms with Gasteiger partial charge in [0, 0.05) is 18.0 Å². The fraction of sp³-hybridized carbons (Fsp3) is 0.222. The molecule has 1 aliphatic heterocycles. The third kappa shape index (κ3) is 6.10. The van der Waals surface area contributed by atoms with Crippen molar-refractivity contribution < 1.29 is 33.4 Å². The molecule has 0 radical (unpaired) electrons. The maximum Gasteiger partial charge on any atom is 0.410 e. The Balaban J connectivity index is 0.995. The number of benzene rings is 4. The zero-order chi connectivity index (χ0) is 30.5. The van der Waals surface area contributed by atoms with Crippen LogP contribution in [0.25, 0.3) is 11.1 Å². The van der Waals surface area contributed by atoms with Gasteiger partial charge in [0.25, 0.3) is 0 Å². The monoisotopic (exact) mass is 589 g/mol. The maximum atomic E-state index is 13.1. The van der Waals surface area contributed by atoms with Crippen LogP contribution in [0.5, 0.6) is 0 Å². The van der Waals surface area contributed by atoms with E-state index < -0.39 is 24.1 Å². The van der Waals surface area contributed by atoms with Gasteiger partial charge in [0.15, 0.2) is 12.4 Å². The van der Waals surface area contributed by atoms with Crippen LogP contribution in [0.2, 0.25) is 0 Å². The molecule has 0 saturated carbocycles. The Labute approximate surface area is 255 Å². The second kappa shape index (κ2) is 13.0. The Hall–Kier alpha value is -5.24. The average Bonchev–Trinajstić information content (AvgIpc) is 3.69. The van der Waals surface area contributed by atoms with E-state index in [-0.39, 0.29) is 37.1 Å². The highest BCUT2D eigenvalue weighted by molar-refractivity contribution is 5.99. The second-order valence-corrected chi connectivity index (χ2v) is 10.8. The number of carbonyl (C=O) groups is 4. The van der Waals surface area contributed by atoms with Crippen LogP contribution < -0.4 is 0 Å². The zero-order valence-corrected chi connectivity index (χ0v) is 24.0. The summed E-state index contributed by atoms with van der Waals surface area (Å²) in [5, 5.41) is 0. The van der Waals surface area contributed by atoms with Crippen molar-refractivity contribution in [1.82, 2.24) is 4.90 Å². The highest BCUT2D eigenvalue weighted by atomic mass is 16.6. The molecule has 1 atom stereocenters. The molecule has 0 bridgehead atoms. The normalized spacial score (nSPS) is 15.3. The number of hydrogen-bond acceptors (Lipinski definition) is 7. The number of carbonyl (C=O) groups excluding carboxylic acids is 4. The summed E-state index contributed by atoms with van der Waals surface area (Å²) in [7, 11) is 0. The number of fused-ring (bicyclic) bond motifs is 3. The van der Waals surface area contributed by atoms with E-state index >= 15 is 0 Å². The van der Waals surface area contributed by atoms with Crippen molar-refractivity contribution in [3.63, 3.8) is 0 Å². The summed E-state index contributed by atoms with van der Waals surface area (Å²) in [6.07, 6.45) is 0.642. The number of likely N-dealkylation sites (tertiary alicyclic amines) is 1. The summed E-state index contributed by atoms with van der Waals surface area (Å²) in [5.74, 6) is -1.48. The lowest BCUT2D eigenvalue weighted by molar-refractivity contribution is -0.149. The van der Waals surface area contributed by atoms with Crippen LogP contribution in [0.3, 0.4) is 0 Å². The molecule has 2 aliphatic rings. The van der Waals surface area contributed by atoms with Crippen LogP contribution in [0.1, 0.15) is 56.2 Å². The number of esters is 2. The molecule has 8 nitrogen and oxygen atoms in total. The predicted octanol–water partition coefficient (Wildman–Crippen LogP) is 6.18. The van der Waals surface area contributed by atoms with Gasteiger partial charge in [-0.2, -0.15) is 0 Å². The number of amides is 1. The number of ketones is 1. The van der Waals surface area contributed by atoms with Crippen LogP contribution in [0.15, 0.2) is 103 Å². The summed E-state index contributed by atoms with van der Waals surface area (Å²) in [6, 6.07) is 30.6. The van der Waals surface area contributed by atoms with Crippen LogP contribution in [0.4, 0.5) is 4.79 Å². The van der Waals surface area contributed by atoms with E-state index in [0.29, 0.717) is 30.5 Å².